The molecular formula is C9H16N4O3S. The normalized spacial score (nSPS) is 12.4. The molecule has 0 spiro atoms. The van der Waals surface area contributed by atoms with Crippen molar-refractivity contribution in [3.63, 3.8) is 0 Å². The number of hydrogen-bond acceptors (Lipinski definition) is 8. The van der Waals surface area contributed by atoms with Crippen molar-refractivity contribution in [2.24, 2.45) is 0 Å². The van der Waals surface area contributed by atoms with E-state index in [0.717, 1.165) is 6.42 Å². The molecule has 1 atom stereocenters. The highest BCUT2D eigenvalue weighted by molar-refractivity contribution is 7.99. The first-order valence-corrected chi connectivity index (χ1v) is 6.20. The molecule has 1 rings (SSSR count). The molecule has 0 aliphatic heterocycles. The Balaban J connectivity index is 2.61. The molecule has 0 aromatic carbocycles. The number of nitrogen functional groups attached to an aromatic ring is 1. The number of aliphatic hydroxyl groups excluding tert-OH is 2. The molecule has 1 unspecified atom stereocenters. The van der Waals surface area contributed by atoms with Gasteiger partial charge in [0, 0.05) is 5.75 Å². The summed E-state index contributed by atoms with van der Waals surface area (Å²) in [6, 6.07) is 0.181. The average molecular weight is 260 g/mol. The third-order valence-corrected chi connectivity index (χ3v) is 2.65. The van der Waals surface area contributed by atoms with Crippen LogP contribution >= 0.6 is 11.8 Å². The van der Waals surface area contributed by atoms with Gasteiger partial charge in [0.05, 0.1) is 19.3 Å². The maximum Gasteiger partial charge on any atom is 0.322 e. The standard InChI is InChI=1S/C9H16N4O3S/c1-2-3-16-8-11-7(10)12-9(13-8)17-5-6(15)4-14/h6,14-15H,2-5H2,1H3,(H2,10,11,12,13). The fourth-order valence-corrected chi connectivity index (χ4v) is 1.65. The van der Waals surface area contributed by atoms with Gasteiger partial charge in [-0.25, -0.2) is 0 Å². The summed E-state index contributed by atoms with van der Waals surface area (Å²) < 4.78 is 5.24. The maximum atomic E-state index is 9.19. The second-order valence-electron chi connectivity index (χ2n) is 3.25. The zero-order valence-corrected chi connectivity index (χ0v) is 10.4. The summed E-state index contributed by atoms with van der Waals surface area (Å²) in [4.78, 5) is 11.7. The van der Waals surface area contributed by atoms with Crippen molar-refractivity contribution in [2.75, 3.05) is 24.7 Å². The van der Waals surface area contributed by atoms with E-state index in [1.54, 1.807) is 0 Å². The smallest absolute Gasteiger partial charge is 0.322 e. The van der Waals surface area contributed by atoms with Crippen molar-refractivity contribution in [1.82, 2.24) is 15.0 Å². The molecule has 8 heteroatoms. The lowest BCUT2D eigenvalue weighted by Crippen LogP contribution is -2.15. The van der Waals surface area contributed by atoms with E-state index in [4.69, 9.17) is 15.6 Å². The number of rotatable bonds is 7. The minimum atomic E-state index is -0.807. The summed E-state index contributed by atoms with van der Waals surface area (Å²) in [6.45, 7) is 2.18. The lowest BCUT2D eigenvalue weighted by atomic mass is 10.4. The number of hydrogen-bond donors (Lipinski definition) is 3. The van der Waals surface area contributed by atoms with E-state index >= 15 is 0 Å². The number of nitrogens with zero attached hydrogens (tertiary/aromatic N) is 3. The molecule has 0 amide bonds. The van der Waals surface area contributed by atoms with Crippen LogP contribution < -0.4 is 10.5 Å². The van der Waals surface area contributed by atoms with Gasteiger partial charge in [-0.1, -0.05) is 18.7 Å². The second-order valence-corrected chi connectivity index (χ2v) is 4.24. The predicted molar refractivity (Wildman–Crippen MR) is 63.8 cm³/mol. The van der Waals surface area contributed by atoms with Gasteiger partial charge >= 0.3 is 6.01 Å². The number of anilines is 1. The van der Waals surface area contributed by atoms with Gasteiger partial charge in [-0.2, -0.15) is 15.0 Å². The molecule has 0 aliphatic carbocycles. The Morgan fingerprint density at radius 1 is 1.41 bits per heavy atom. The van der Waals surface area contributed by atoms with E-state index in [-0.39, 0.29) is 24.3 Å². The Morgan fingerprint density at radius 3 is 2.82 bits per heavy atom. The largest absolute Gasteiger partial charge is 0.463 e. The van der Waals surface area contributed by atoms with Crippen LogP contribution in [0.5, 0.6) is 6.01 Å². The fraction of sp³-hybridized carbons (Fsp3) is 0.667. The molecule has 0 bridgehead atoms. The average Bonchev–Trinajstić information content (AvgIpc) is 2.32. The van der Waals surface area contributed by atoms with Crippen LogP contribution in [0.25, 0.3) is 0 Å². The van der Waals surface area contributed by atoms with E-state index in [2.05, 4.69) is 15.0 Å². The highest BCUT2D eigenvalue weighted by Crippen LogP contribution is 2.17. The minimum absolute atomic E-state index is 0.0760. The van der Waals surface area contributed by atoms with Crippen LogP contribution in [0.15, 0.2) is 5.16 Å². The van der Waals surface area contributed by atoms with Gasteiger partial charge in [-0.15, -0.1) is 0 Å². The molecule has 1 heterocycles. The molecule has 0 saturated carbocycles. The molecule has 17 heavy (non-hydrogen) atoms. The number of nitrogens with two attached hydrogens (primary N) is 1. The number of aliphatic hydroxyl groups is 2. The zero-order chi connectivity index (χ0) is 12.7. The van der Waals surface area contributed by atoms with E-state index in [9.17, 15) is 5.11 Å². The molecule has 1 aromatic rings. The Kier molecular flexibility index (Phi) is 5.95. The first-order valence-electron chi connectivity index (χ1n) is 5.21. The Morgan fingerprint density at radius 2 is 2.18 bits per heavy atom. The molecule has 0 radical (unpaired) electrons. The number of thioether (sulfide) groups is 1. The van der Waals surface area contributed by atoms with E-state index < -0.39 is 6.10 Å². The van der Waals surface area contributed by atoms with Crippen LogP contribution in [0.3, 0.4) is 0 Å². The Hall–Kier alpha value is -1.12. The first-order chi connectivity index (χ1) is 8.15. The summed E-state index contributed by atoms with van der Waals surface area (Å²) in [5.41, 5.74) is 5.50. The highest BCUT2D eigenvalue weighted by Gasteiger charge is 2.09. The maximum absolute atomic E-state index is 9.19. The number of ether oxygens (including phenoxy) is 1. The molecule has 0 saturated heterocycles. The third kappa shape index (κ3) is 5.16. The van der Waals surface area contributed by atoms with Crippen molar-refractivity contribution in [2.45, 2.75) is 24.6 Å². The van der Waals surface area contributed by atoms with Crippen LogP contribution in [0, 0.1) is 0 Å². The van der Waals surface area contributed by atoms with Gasteiger partial charge in [0.2, 0.25) is 5.95 Å². The molecule has 0 fully saturated rings. The first kappa shape index (κ1) is 13.9. The molecule has 7 nitrogen and oxygen atoms in total. The minimum Gasteiger partial charge on any atom is -0.463 e. The Bertz CT molecular complexity index is 353. The summed E-state index contributed by atoms with van der Waals surface area (Å²) in [5.74, 6) is 0.361. The van der Waals surface area contributed by atoms with Crippen molar-refractivity contribution in [1.29, 1.82) is 0 Å². The van der Waals surface area contributed by atoms with E-state index in [0.29, 0.717) is 11.8 Å². The molecular weight excluding hydrogens is 244 g/mol. The Labute approximate surface area is 103 Å². The van der Waals surface area contributed by atoms with Crippen LogP contribution in [-0.4, -0.2) is 50.2 Å². The van der Waals surface area contributed by atoms with Crippen molar-refractivity contribution < 1.29 is 14.9 Å². The third-order valence-electron chi connectivity index (χ3n) is 1.66. The molecule has 0 aliphatic rings. The lowest BCUT2D eigenvalue weighted by molar-refractivity contribution is 0.113. The van der Waals surface area contributed by atoms with Gasteiger partial charge in [0.15, 0.2) is 5.16 Å². The highest BCUT2D eigenvalue weighted by atomic mass is 32.2. The zero-order valence-electron chi connectivity index (χ0n) is 9.54. The van der Waals surface area contributed by atoms with Crippen LogP contribution in [-0.2, 0) is 0 Å². The molecule has 1 aromatic heterocycles. The summed E-state index contributed by atoms with van der Waals surface area (Å²) >= 11 is 1.18. The van der Waals surface area contributed by atoms with E-state index in [1.165, 1.54) is 11.8 Å². The fourth-order valence-electron chi connectivity index (χ4n) is 0.899. The summed E-state index contributed by atoms with van der Waals surface area (Å²) in [7, 11) is 0. The SMILES string of the molecule is CCCOc1nc(N)nc(SCC(O)CO)n1. The van der Waals surface area contributed by atoms with Crippen molar-refractivity contribution in [3.05, 3.63) is 0 Å². The van der Waals surface area contributed by atoms with Crippen LogP contribution in [0.2, 0.25) is 0 Å². The van der Waals surface area contributed by atoms with Gasteiger partial charge in [-0.05, 0) is 6.42 Å². The van der Waals surface area contributed by atoms with Crippen molar-refractivity contribution >= 4 is 17.7 Å². The van der Waals surface area contributed by atoms with Gasteiger partial charge in [0.25, 0.3) is 0 Å². The summed E-state index contributed by atoms with van der Waals surface area (Å²) in [5, 5.41) is 18.2. The van der Waals surface area contributed by atoms with Crippen LogP contribution in [0.4, 0.5) is 5.95 Å². The van der Waals surface area contributed by atoms with Gasteiger partial charge < -0.3 is 20.7 Å². The summed E-state index contributed by atoms with van der Waals surface area (Å²) in [6.07, 6.45) is 0.0371. The van der Waals surface area contributed by atoms with Gasteiger partial charge in [0.1, 0.15) is 0 Å². The monoisotopic (exact) mass is 260 g/mol. The molecule has 96 valence electrons. The predicted octanol–water partition coefficient (Wildman–Crippen LogP) is -0.312. The quantitative estimate of drug-likeness (QED) is 0.572. The lowest BCUT2D eigenvalue weighted by Gasteiger charge is -2.07. The molecule has 4 N–H and O–H groups in total. The number of aromatic nitrogens is 3. The van der Waals surface area contributed by atoms with E-state index in [1.807, 2.05) is 6.92 Å². The van der Waals surface area contributed by atoms with Crippen LogP contribution in [0.1, 0.15) is 13.3 Å². The van der Waals surface area contributed by atoms with Crippen molar-refractivity contribution in [3.8, 4) is 6.01 Å². The van der Waals surface area contributed by atoms with Gasteiger partial charge in [-0.3, -0.25) is 0 Å². The topological polar surface area (TPSA) is 114 Å². The second kappa shape index (κ2) is 7.25.